The third-order valence-corrected chi connectivity index (χ3v) is 10.8. The zero-order chi connectivity index (χ0) is 36.9. The van der Waals surface area contributed by atoms with Crippen molar-refractivity contribution < 1.29 is 23.8 Å². The minimum absolute atomic E-state index is 0.0379. The summed E-state index contributed by atoms with van der Waals surface area (Å²) < 4.78 is 18.2. The summed E-state index contributed by atoms with van der Waals surface area (Å²) in [6.07, 6.45) is 5.16. The molecule has 4 aliphatic heterocycles. The van der Waals surface area contributed by atoms with Gasteiger partial charge in [-0.2, -0.15) is 0 Å². The number of nitrogens with zero attached hydrogens (tertiary/aromatic N) is 5. The van der Waals surface area contributed by atoms with Crippen LogP contribution in [0.4, 0.5) is 11.4 Å². The van der Waals surface area contributed by atoms with Crippen LogP contribution in [0.5, 0.6) is 17.2 Å². The van der Waals surface area contributed by atoms with E-state index in [4.69, 9.17) is 40.8 Å². The van der Waals surface area contributed by atoms with E-state index in [-0.39, 0.29) is 37.1 Å². The zero-order valence-corrected chi connectivity index (χ0v) is 30.5. The molecule has 0 aliphatic carbocycles. The summed E-state index contributed by atoms with van der Waals surface area (Å²) in [5.41, 5.74) is 8.90. The molecule has 1 aromatic heterocycles. The minimum Gasteiger partial charge on any atom is -0.493 e. The van der Waals surface area contributed by atoms with Crippen LogP contribution in [0.25, 0.3) is 0 Å². The van der Waals surface area contributed by atoms with Gasteiger partial charge in [-0.1, -0.05) is 60.1 Å². The maximum Gasteiger partial charge on any atom is 0.257 e. The Morgan fingerprint density at radius 1 is 0.667 bits per heavy atom. The molecule has 0 bridgehead atoms. The monoisotopic (exact) mass is 737 g/mol. The van der Waals surface area contributed by atoms with E-state index in [2.05, 4.69) is 24.3 Å². The second-order valence-electron chi connectivity index (χ2n) is 14.0. The second kappa shape index (κ2) is 13.8. The molecule has 9 rings (SSSR count). The average Bonchev–Trinajstić information content (AvgIpc) is 3.40. The van der Waals surface area contributed by atoms with E-state index < -0.39 is 0 Å². The van der Waals surface area contributed by atoms with Gasteiger partial charge in [0.05, 0.1) is 53.1 Å². The molecule has 5 heterocycles. The molecule has 0 saturated heterocycles. The smallest absolute Gasteiger partial charge is 0.257 e. The Bertz CT molecular complexity index is 2410. The van der Waals surface area contributed by atoms with Crippen molar-refractivity contribution in [3.05, 3.63) is 140 Å². The summed E-state index contributed by atoms with van der Waals surface area (Å²) in [7, 11) is 1.54. The van der Waals surface area contributed by atoms with Crippen molar-refractivity contribution in [1.82, 2.24) is 14.8 Å². The fraction of sp³-hybridized carbons (Fsp3) is 0.233. The van der Waals surface area contributed by atoms with Gasteiger partial charge in [0.1, 0.15) is 19.0 Å². The molecule has 0 radical (unpaired) electrons. The standard InChI is InChI=1S/C43H36ClN5O5/c1-25-11-35-37(45-19-33-12-26-7-3-5-9-28(26)21-48(33)42(35)50)17-39(25)53-23-31-14-30(44)15-32(47-31)24-54-41-18-38-36(16-40(41)52-2)43(51)49-22-29-10-6-4-8-27(29)13-34(49)20-46-38/h3-11,14-20,33-34H,12-13,21-24H2,1-2H3/t33-,34-/m0/s1. The lowest BCUT2D eigenvalue weighted by Gasteiger charge is -2.34. The number of fused-ring (bicyclic) bond motifs is 6. The fourth-order valence-electron chi connectivity index (χ4n) is 7.72. The van der Waals surface area contributed by atoms with Crippen molar-refractivity contribution in [3.63, 3.8) is 0 Å². The zero-order valence-electron chi connectivity index (χ0n) is 29.8. The molecule has 0 N–H and O–H groups in total. The van der Waals surface area contributed by atoms with Gasteiger partial charge in [0.25, 0.3) is 11.8 Å². The molecule has 0 spiro atoms. The van der Waals surface area contributed by atoms with Crippen LogP contribution in [0.3, 0.4) is 0 Å². The first kappa shape index (κ1) is 33.8. The number of hydrogen-bond donors (Lipinski definition) is 0. The first-order valence-corrected chi connectivity index (χ1v) is 18.3. The van der Waals surface area contributed by atoms with Gasteiger partial charge in [-0.05, 0) is 71.8 Å². The van der Waals surface area contributed by atoms with Gasteiger partial charge in [0, 0.05) is 42.7 Å². The Balaban J connectivity index is 0.902. The van der Waals surface area contributed by atoms with Gasteiger partial charge in [0.2, 0.25) is 0 Å². The molecule has 4 aliphatic rings. The highest BCUT2D eigenvalue weighted by Gasteiger charge is 2.34. The predicted molar refractivity (Wildman–Crippen MR) is 206 cm³/mol. The van der Waals surface area contributed by atoms with E-state index in [0.29, 0.717) is 75.7 Å². The van der Waals surface area contributed by atoms with Crippen molar-refractivity contribution in [2.75, 3.05) is 7.11 Å². The van der Waals surface area contributed by atoms with Crippen LogP contribution in [0.15, 0.2) is 94.9 Å². The summed E-state index contributed by atoms with van der Waals surface area (Å²) in [5, 5.41) is 0.482. The van der Waals surface area contributed by atoms with E-state index in [9.17, 15) is 9.59 Å². The van der Waals surface area contributed by atoms with Crippen LogP contribution in [-0.4, -0.2) is 58.2 Å². The number of ether oxygens (including phenoxy) is 3. The molecular weight excluding hydrogens is 702 g/mol. The molecule has 5 aromatic rings. The number of carbonyl (C=O) groups excluding carboxylic acids is 2. The Kier molecular flexibility index (Phi) is 8.62. The number of rotatable bonds is 7. The van der Waals surface area contributed by atoms with Gasteiger partial charge in [-0.15, -0.1) is 0 Å². The molecule has 10 nitrogen and oxygen atoms in total. The number of carbonyl (C=O) groups is 2. The fourth-order valence-corrected chi connectivity index (χ4v) is 7.97. The first-order valence-electron chi connectivity index (χ1n) is 17.9. The number of aliphatic imine (C=N–C) groups is 2. The third-order valence-electron chi connectivity index (χ3n) is 10.6. The summed E-state index contributed by atoms with van der Waals surface area (Å²) in [6, 6.07) is 26.8. The molecular formula is C43H36ClN5O5. The normalized spacial score (nSPS) is 18.0. The highest BCUT2D eigenvalue weighted by molar-refractivity contribution is 6.30. The Labute approximate surface area is 317 Å². The number of methoxy groups -OCH3 is 1. The quantitative estimate of drug-likeness (QED) is 0.169. The van der Waals surface area contributed by atoms with Crippen molar-refractivity contribution in [1.29, 1.82) is 0 Å². The minimum atomic E-state index is -0.142. The van der Waals surface area contributed by atoms with Crippen LogP contribution >= 0.6 is 11.6 Å². The van der Waals surface area contributed by atoms with E-state index in [1.54, 1.807) is 31.4 Å². The van der Waals surface area contributed by atoms with Gasteiger partial charge in [-0.25, -0.2) is 0 Å². The second-order valence-corrected chi connectivity index (χ2v) is 14.4. The van der Waals surface area contributed by atoms with Crippen molar-refractivity contribution in [3.8, 4) is 17.2 Å². The maximum atomic E-state index is 13.8. The van der Waals surface area contributed by atoms with E-state index in [1.807, 2.05) is 65.6 Å². The van der Waals surface area contributed by atoms with E-state index >= 15 is 0 Å². The van der Waals surface area contributed by atoms with E-state index in [1.165, 1.54) is 16.7 Å². The van der Waals surface area contributed by atoms with Gasteiger partial charge in [-0.3, -0.25) is 24.6 Å². The summed E-state index contributed by atoms with van der Waals surface area (Å²) in [6.45, 7) is 3.21. The summed E-state index contributed by atoms with van der Waals surface area (Å²) in [4.78, 5) is 45.5. The topological polar surface area (TPSA) is 106 Å². The van der Waals surface area contributed by atoms with Crippen molar-refractivity contribution in [2.24, 2.45) is 9.98 Å². The molecule has 11 heteroatoms. The van der Waals surface area contributed by atoms with E-state index in [0.717, 1.165) is 17.5 Å². The Morgan fingerprint density at radius 3 is 1.72 bits per heavy atom. The lowest BCUT2D eigenvalue weighted by Crippen LogP contribution is -2.44. The molecule has 2 atom stereocenters. The van der Waals surface area contributed by atoms with Crippen LogP contribution < -0.4 is 14.2 Å². The van der Waals surface area contributed by atoms with Crippen molar-refractivity contribution in [2.45, 2.75) is 58.2 Å². The molecule has 4 aromatic carbocycles. The van der Waals surface area contributed by atoms with Crippen LogP contribution in [0.1, 0.15) is 59.9 Å². The van der Waals surface area contributed by atoms with Gasteiger partial charge in [0.15, 0.2) is 11.5 Å². The van der Waals surface area contributed by atoms with Crippen LogP contribution in [0.2, 0.25) is 5.02 Å². The SMILES string of the molecule is COc1cc2c(cc1OCc1cc(Cl)cc(COc3cc4c(cc3C)C(=O)N3Cc5ccccc5C[C@H]3C=N4)n1)N=C[C@@H]1Cc3ccccc3CN1C2=O. The highest BCUT2D eigenvalue weighted by Crippen LogP contribution is 2.39. The van der Waals surface area contributed by atoms with Crippen LogP contribution in [0, 0.1) is 6.92 Å². The average molecular weight is 738 g/mol. The number of hydrogen-bond acceptors (Lipinski definition) is 8. The molecule has 0 unspecified atom stereocenters. The highest BCUT2D eigenvalue weighted by atomic mass is 35.5. The lowest BCUT2D eigenvalue weighted by molar-refractivity contribution is 0.0696. The molecule has 0 fully saturated rings. The number of aromatic nitrogens is 1. The Hall–Kier alpha value is -6.00. The predicted octanol–water partition coefficient (Wildman–Crippen LogP) is 7.78. The number of pyridine rings is 1. The van der Waals surface area contributed by atoms with Gasteiger partial charge >= 0.3 is 0 Å². The largest absolute Gasteiger partial charge is 0.493 e. The molecule has 270 valence electrons. The number of halogens is 1. The third kappa shape index (κ3) is 6.26. The lowest BCUT2D eigenvalue weighted by atomic mass is 9.94. The summed E-state index contributed by atoms with van der Waals surface area (Å²) in [5.74, 6) is 1.31. The maximum absolute atomic E-state index is 13.8. The first-order chi connectivity index (χ1) is 26.3. The number of aryl methyl sites for hydroxylation is 1. The Morgan fingerprint density at radius 2 is 1.17 bits per heavy atom. The molecule has 0 saturated carbocycles. The van der Waals surface area contributed by atoms with Gasteiger partial charge < -0.3 is 24.0 Å². The summed E-state index contributed by atoms with van der Waals surface area (Å²) >= 11 is 6.55. The number of benzene rings is 4. The molecule has 2 amide bonds. The van der Waals surface area contributed by atoms with Crippen molar-refractivity contribution >= 4 is 47.2 Å². The number of amides is 2. The van der Waals surface area contributed by atoms with Crippen LogP contribution in [-0.2, 0) is 39.1 Å². The molecule has 54 heavy (non-hydrogen) atoms.